The lowest BCUT2D eigenvalue weighted by Gasteiger charge is -2.26. The summed E-state index contributed by atoms with van der Waals surface area (Å²) in [6.45, 7) is 5.53. The third kappa shape index (κ3) is 4.04. The number of carbonyl (C=O) groups is 2. The van der Waals surface area contributed by atoms with Crippen LogP contribution in [0.4, 0.5) is 5.95 Å². The summed E-state index contributed by atoms with van der Waals surface area (Å²) in [4.78, 5) is 30.9. The molecule has 1 aliphatic heterocycles. The van der Waals surface area contributed by atoms with Crippen LogP contribution < -0.4 is 5.32 Å². The summed E-state index contributed by atoms with van der Waals surface area (Å²) >= 11 is 0. The van der Waals surface area contributed by atoms with Crippen LogP contribution in [0.5, 0.6) is 0 Å². The number of hydrogen-bond donors (Lipinski definition) is 1. The molecule has 1 N–H and O–H groups in total. The molecular formula is C18H23N5O2. The van der Waals surface area contributed by atoms with Gasteiger partial charge in [-0.3, -0.25) is 14.9 Å². The number of amides is 2. The summed E-state index contributed by atoms with van der Waals surface area (Å²) in [5.41, 5.74) is 0.957. The standard InChI is InChI=1S/C18H23N5O2/c1-13(2)23-12-19-18(21-23)20-16(24)14-7-6-8-15(11-14)17(25)22-9-4-3-5-10-22/h6-8,11-13H,3-5,9-10H2,1-2H3,(H,20,21,24). The van der Waals surface area contributed by atoms with Gasteiger partial charge in [-0.05, 0) is 51.3 Å². The summed E-state index contributed by atoms with van der Waals surface area (Å²) in [6.07, 6.45) is 4.82. The molecule has 1 aliphatic rings. The van der Waals surface area contributed by atoms with E-state index in [1.54, 1.807) is 35.3 Å². The zero-order chi connectivity index (χ0) is 17.8. The first-order valence-corrected chi connectivity index (χ1v) is 8.66. The molecule has 7 nitrogen and oxygen atoms in total. The minimum atomic E-state index is -0.324. The fourth-order valence-corrected chi connectivity index (χ4v) is 2.83. The van der Waals surface area contributed by atoms with Crippen molar-refractivity contribution in [3.8, 4) is 0 Å². The second-order valence-electron chi connectivity index (χ2n) is 6.53. The summed E-state index contributed by atoms with van der Waals surface area (Å²) in [5.74, 6) is -0.0854. The number of piperidine rings is 1. The topological polar surface area (TPSA) is 80.1 Å². The largest absolute Gasteiger partial charge is 0.339 e. The van der Waals surface area contributed by atoms with E-state index >= 15 is 0 Å². The van der Waals surface area contributed by atoms with Crippen LogP contribution in [0, 0.1) is 0 Å². The van der Waals surface area contributed by atoms with Crippen molar-refractivity contribution in [2.75, 3.05) is 18.4 Å². The van der Waals surface area contributed by atoms with Crippen molar-refractivity contribution in [2.45, 2.75) is 39.2 Å². The molecule has 1 fully saturated rings. The first-order chi connectivity index (χ1) is 12.0. The van der Waals surface area contributed by atoms with Gasteiger partial charge < -0.3 is 4.90 Å². The van der Waals surface area contributed by atoms with Gasteiger partial charge in [0, 0.05) is 30.3 Å². The van der Waals surface area contributed by atoms with Crippen LogP contribution in [0.2, 0.25) is 0 Å². The Labute approximate surface area is 147 Å². The van der Waals surface area contributed by atoms with Crippen LogP contribution in [0.3, 0.4) is 0 Å². The molecule has 0 radical (unpaired) electrons. The van der Waals surface area contributed by atoms with Gasteiger partial charge in [0.1, 0.15) is 6.33 Å². The minimum Gasteiger partial charge on any atom is -0.339 e. The maximum atomic E-state index is 12.6. The number of benzene rings is 1. The first kappa shape index (κ1) is 17.1. The Bertz CT molecular complexity index is 762. The molecule has 2 heterocycles. The Morgan fingerprint density at radius 1 is 1.12 bits per heavy atom. The highest BCUT2D eigenvalue weighted by atomic mass is 16.2. The number of rotatable bonds is 4. The fraction of sp³-hybridized carbons (Fsp3) is 0.444. The van der Waals surface area contributed by atoms with Crippen molar-refractivity contribution in [1.29, 1.82) is 0 Å². The zero-order valence-corrected chi connectivity index (χ0v) is 14.6. The predicted octanol–water partition coefficient (Wildman–Crippen LogP) is 2.74. The zero-order valence-electron chi connectivity index (χ0n) is 14.6. The Kier molecular flexibility index (Phi) is 5.11. The van der Waals surface area contributed by atoms with Gasteiger partial charge >= 0.3 is 0 Å². The van der Waals surface area contributed by atoms with E-state index in [4.69, 9.17) is 0 Å². The van der Waals surface area contributed by atoms with Crippen molar-refractivity contribution in [2.24, 2.45) is 0 Å². The van der Waals surface area contributed by atoms with Gasteiger partial charge in [0.2, 0.25) is 5.95 Å². The second-order valence-corrected chi connectivity index (χ2v) is 6.53. The highest BCUT2D eigenvalue weighted by Gasteiger charge is 2.19. The van der Waals surface area contributed by atoms with Crippen LogP contribution in [0.15, 0.2) is 30.6 Å². The maximum Gasteiger partial charge on any atom is 0.258 e. The molecule has 25 heavy (non-hydrogen) atoms. The normalized spacial score (nSPS) is 14.6. The van der Waals surface area contributed by atoms with Gasteiger partial charge in [-0.1, -0.05) is 6.07 Å². The highest BCUT2D eigenvalue weighted by molar-refractivity contribution is 6.05. The van der Waals surface area contributed by atoms with Crippen LogP contribution in [-0.4, -0.2) is 44.6 Å². The number of anilines is 1. The molecule has 0 spiro atoms. The van der Waals surface area contributed by atoms with Crippen LogP contribution in [0.25, 0.3) is 0 Å². The molecule has 0 bridgehead atoms. The third-order valence-electron chi connectivity index (χ3n) is 4.28. The average molecular weight is 341 g/mol. The Balaban J connectivity index is 1.71. The van der Waals surface area contributed by atoms with Crippen molar-refractivity contribution < 1.29 is 9.59 Å². The summed E-state index contributed by atoms with van der Waals surface area (Å²) < 4.78 is 1.67. The first-order valence-electron chi connectivity index (χ1n) is 8.66. The fourth-order valence-electron chi connectivity index (χ4n) is 2.83. The van der Waals surface area contributed by atoms with Crippen molar-refractivity contribution in [1.82, 2.24) is 19.7 Å². The van der Waals surface area contributed by atoms with Crippen molar-refractivity contribution >= 4 is 17.8 Å². The van der Waals surface area contributed by atoms with Gasteiger partial charge in [0.25, 0.3) is 11.8 Å². The van der Waals surface area contributed by atoms with E-state index < -0.39 is 0 Å². The number of likely N-dealkylation sites (tertiary alicyclic amines) is 1. The van der Waals surface area contributed by atoms with E-state index in [1.807, 2.05) is 18.7 Å². The van der Waals surface area contributed by atoms with E-state index in [-0.39, 0.29) is 23.8 Å². The molecule has 0 aliphatic carbocycles. The molecule has 2 aromatic rings. The molecule has 1 aromatic heterocycles. The van der Waals surface area contributed by atoms with Gasteiger partial charge in [0.05, 0.1) is 0 Å². The number of carbonyl (C=O) groups excluding carboxylic acids is 2. The molecule has 1 saturated heterocycles. The predicted molar refractivity (Wildman–Crippen MR) is 94.6 cm³/mol. The van der Waals surface area contributed by atoms with Gasteiger partial charge in [-0.2, -0.15) is 0 Å². The third-order valence-corrected chi connectivity index (χ3v) is 4.28. The number of hydrogen-bond acceptors (Lipinski definition) is 4. The van der Waals surface area contributed by atoms with E-state index in [9.17, 15) is 9.59 Å². The van der Waals surface area contributed by atoms with E-state index in [2.05, 4.69) is 15.4 Å². The second kappa shape index (κ2) is 7.46. The highest BCUT2D eigenvalue weighted by Crippen LogP contribution is 2.15. The van der Waals surface area contributed by atoms with Crippen molar-refractivity contribution in [3.63, 3.8) is 0 Å². The molecule has 1 aromatic carbocycles. The van der Waals surface area contributed by atoms with E-state index in [0.29, 0.717) is 11.1 Å². The summed E-state index contributed by atoms with van der Waals surface area (Å²) in [7, 11) is 0. The lowest BCUT2D eigenvalue weighted by atomic mass is 10.1. The average Bonchev–Trinajstić information content (AvgIpc) is 3.11. The number of nitrogens with zero attached hydrogens (tertiary/aromatic N) is 4. The summed E-state index contributed by atoms with van der Waals surface area (Å²) in [6, 6.07) is 6.96. The molecule has 0 unspecified atom stereocenters. The molecular weight excluding hydrogens is 318 g/mol. The van der Waals surface area contributed by atoms with Crippen LogP contribution in [-0.2, 0) is 0 Å². The molecule has 3 rings (SSSR count). The Hall–Kier alpha value is -2.70. The lowest BCUT2D eigenvalue weighted by molar-refractivity contribution is 0.0724. The maximum absolute atomic E-state index is 12.6. The number of aromatic nitrogens is 3. The van der Waals surface area contributed by atoms with Crippen LogP contribution in [0.1, 0.15) is 59.9 Å². The van der Waals surface area contributed by atoms with Gasteiger partial charge in [-0.25, -0.2) is 9.67 Å². The monoisotopic (exact) mass is 341 g/mol. The quantitative estimate of drug-likeness (QED) is 0.927. The van der Waals surface area contributed by atoms with Gasteiger partial charge in [0.15, 0.2) is 0 Å². The van der Waals surface area contributed by atoms with E-state index in [0.717, 1.165) is 25.9 Å². The Morgan fingerprint density at radius 3 is 2.52 bits per heavy atom. The lowest BCUT2D eigenvalue weighted by Crippen LogP contribution is -2.35. The van der Waals surface area contributed by atoms with Crippen molar-refractivity contribution in [3.05, 3.63) is 41.7 Å². The molecule has 0 saturated carbocycles. The number of nitrogens with one attached hydrogen (secondary N) is 1. The van der Waals surface area contributed by atoms with Crippen LogP contribution >= 0.6 is 0 Å². The van der Waals surface area contributed by atoms with Gasteiger partial charge in [-0.15, -0.1) is 5.10 Å². The molecule has 2 amide bonds. The summed E-state index contributed by atoms with van der Waals surface area (Å²) in [5, 5.41) is 6.88. The molecule has 0 atom stereocenters. The smallest absolute Gasteiger partial charge is 0.258 e. The SMILES string of the molecule is CC(C)n1cnc(NC(=O)c2cccc(C(=O)N3CCCCC3)c2)n1. The van der Waals surface area contributed by atoms with E-state index in [1.165, 1.54) is 6.42 Å². The minimum absolute atomic E-state index is 0.0171. The Morgan fingerprint density at radius 2 is 1.84 bits per heavy atom. The molecule has 132 valence electrons. The molecule has 7 heteroatoms.